The van der Waals surface area contributed by atoms with E-state index < -0.39 is 11.9 Å². The molecule has 3 amide bonds. The Morgan fingerprint density at radius 1 is 1.08 bits per heavy atom. The van der Waals surface area contributed by atoms with E-state index in [9.17, 15) is 14.4 Å². The highest BCUT2D eigenvalue weighted by Crippen LogP contribution is 2.20. The first-order chi connectivity index (χ1) is 12.1. The smallest absolute Gasteiger partial charge is 0.254 e. The van der Waals surface area contributed by atoms with Gasteiger partial charge in [-0.1, -0.05) is 37.3 Å². The first-order valence-electron chi connectivity index (χ1n) is 8.17. The molecule has 0 spiro atoms. The molecule has 0 aromatic heterocycles. The molecule has 3 rings (SSSR count). The maximum absolute atomic E-state index is 12.3. The van der Waals surface area contributed by atoms with Gasteiger partial charge in [0.15, 0.2) is 0 Å². The zero-order chi connectivity index (χ0) is 17.8. The number of amides is 3. The molecular formula is C19H19N3O3. The lowest BCUT2D eigenvalue weighted by atomic mass is 10.1. The average Bonchev–Trinajstić information content (AvgIpc) is 2.72. The molecule has 3 N–H and O–H groups in total. The van der Waals surface area contributed by atoms with E-state index in [0.29, 0.717) is 11.3 Å². The molecular weight excluding hydrogens is 318 g/mol. The summed E-state index contributed by atoms with van der Waals surface area (Å²) < 4.78 is 0. The Labute approximate surface area is 145 Å². The number of hydrogen-bond acceptors (Lipinski definition) is 3. The molecule has 0 aliphatic carbocycles. The lowest BCUT2D eigenvalue weighted by Crippen LogP contribution is -2.43. The molecule has 0 radical (unpaired) electrons. The molecule has 1 aliphatic rings. The van der Waals surface area contributed by atoms with E-state index in [1.807, 2.05) is 31.2 Å². The molecule has 2 aromatic carbocycles. The van der Waals surface area contributed by atoms with Gasteiger partial charge >= 0.3 is 0 Å². The van der Waals surface area contributed by atoms with Crippen LogP contribution in [0.2, 0.25) is 0 Å². The molecule has 25 heavy (non-hydrogen) atoms. The molecule has 1 aliphatic heterocycles. The van der Waals surface area contributed by atoms with Crippen LogP contribution >= 0.6 is 0 Å². The third-order valence-electron chi connectivity index (χ3n) is 4.11. The van der Waals surface area contributed by atoms with Gasteiger partial charge in [-0.15, -0.1) is 0 Å². The average molecular weight is 337 g/mol. The fraction of sp³-hybridized carbons (Fsp3) is 0.211. The van der Waals surface area contributed by atoms with Gasteiger partial charge in [0.25, 0.3) is 5.91 Å². The number of carbonyl (C=O) groups is 3. The van der Waals surface area contributed by atoms with Crippen molar-refractivity contribution >= 4 is 29.1 Å². The van der Waals surface area contributed by atoms with Crippen molar-refractivity contribution in [3.05, 3.63) is 59.7 Å². The molecule has 0 fully saturated rings. The molecule has 2 aromatic rings. The number of benzene rings is 2. The largest absolute Gasteiger partial charge is 0.340 e. The number of para-hydroxylation sites is 2. The van der Waals surface area contributed by atoms with Crippen LogP contribution in [0.25, 0.3) is 0 Å². The Kier molecular flexibility index (Phi) is 4.79. The molecule has 128 valence electrons. The van der Waals surface area contributed by atoms with Crippen LogP contribution in [0.4, 0.5) is 11.4 Å². The van der Waals surface area contributed by atoms with Gasteiger partial charge in [-0.25, -0.2) is 0 Å². The zero-order valence-electron chi connectivity index (χ0n) is 13.8. The van der Waals surface area contributed by atoms with Crippen LogP contribution in [0, 0.1) is 0 Å². The predicted octanol–water partition coefficient (Wildman–Crippen LogP) is 2.33. The minimum atomic E-state index is -0.923. The van der Waals surface area contributed by atoms with Crippen molar-refractivity contribution in [2.75, 3.05) is 10.6 Å². The molecule has 0 saturated heterocycles. The quantitative estimate of drug-likeness (QED) is 0.800. The van der Waals surface area contributed by atoms with E-state index in [1.165, 1.54) is 0 Å². The zero-order valence-corrected chi connectivity index (χ0v) is 13.8. The normalized spacial score (nSPS) is 16.3. The Balaban J connectivity index is 1.71. The van der Waals surface area contributed by atoms with Crippen LogP contribution in [0.5, 0.6) is 0 Å². The highest BCUT2D eigenvalue weighted by atomic mass is 16.2. The lowest BCUT2D eigenvalue weighted by molar-refractivity contribution is -0.122. The van der Waals surface area contributed by atoms with E-state index in [-0.39, 0.29) is 18.2 Å². The summed E-state index contributed by atoms with van der Waals surface area (Å²) in [5, 5.41) is 8.13. The number of nitrogens with one attached hydrogen (secondary N) is 3. The fourth-order valence-electron chi connectivity index (χ4n) is 2.79. The van der Waals surface area contributed by atoms with Gasteiger partial charge in [0, 0.05) is 5.69 Å². The van der Waals surface area contributed by atoms with Crippen LogP contribution in [-0.2, 0) is 16.0 Å². The molecule has 0 bridgehead atoms. The fourth-order valence-corrected chi connectivity index (χ4v) is 2.79. The van der Waals surface area contributed by atoms with Gasteiger partial charge in [-0.05, 0) is 30.2 Å². The second-order valence-corrected chi connectivity index (χ2v) is 5.82. The first kappa shape index (κ1) is 16.7. The molecule has 6 nitrogen and oxygen atoms in total. The van der Waals surface area contributed by atoms with Crippen LogP contribution in [-0.4, -0.2) is 23.8 Å². The summed E-state index contributed by atoms with van der Waals surface area (Å²) >= 11 is 0. The predicted molar refractivity (Wildman–Crippen MR) is 95.4 cm³/mol. The monoisotopic (exact) mass is 337 g/mol. The van der Waals surface area contributed by atoms with Crippen LogP contribution in [0.15, 0.2) is 48.5 Å². The molecule has 0 unspecified atom stereocenters. The summed E-state index contributed by atoms with van der Waals surface area (Å²) in [4.78, 5) is 36.9. The second-order valence-electron chi connectivity index (χ2n) is 5.82. The number of aryl methyl sites for hydroxylation is 1. The number of carbonyl (C=O) groups excluding carboxylic acids is 3. The van der Waals surface area contributed by atoms with Gasteiger partial charge in [-0.2, -0.15) is 0 Å². The Bertz CT molecular complexity index is 832. The molecule has 1 heterocycles. The summed E-state index contributed by atoms with van der Waals surface area (Å²) in [7, 11) is 0. The summed E-state index contributed by atoms with van der Waals surface area (Å²) in [6.07, 6.45) is 0.649. The SMILES string of the molecule is CCc1ccccc1NC(=O)C[C@H]1NC(=O)c2ccccc2NC1=O. The van der Waals surface area contributed by atoms with Crippen molar-refractivity contribution in [3.63, 3.8) is 0 Å². The third kappa shape index (κ3) is 3.68. The molecule has 0 saturated carbocycles. The number of hydrogen-bond donors (Lipinski definition) is 3. The minimum absolute atomic E-state index is 0.135. The van der Waals surface area contributed by atoms with Crippen molar-refractivity contribution in [2.45, 2.75) is 25.8 Å². The Morgan fingerprint density at radius 3 is 2.60 bits per heavy atom. The Hall–Kier alpha value is -3.15. The summed E-state index contributed by atoms with van der Waals surface area (Å²) in [6, 6.07) is 13.3. The first-order valence-corrected chi connectivity index (χ1v) is 8.17. The van der Waals surface area contributed by atoms with Crippen molar-refractivity contribution in [3.8, 4) is 0 Å². The van der Waals surface area contributed by atoms with Gasteiger partial charge < -0.3 is 16.0 Å². The molecule has 6 heteroatoms. The summed E-state index contributed by atoms with van der Waals surface area (Å²) in [6.45, 7) is 2.00. The van der Waals surface area contributed by atoms with E-state index in [0.717, 1.165) is 17.7 Å². The molecule has 1 atom stereocenters. The van der Waals surface area contributed by atoms with Gasteiger partial charge in [0.1, 0.15) is 6.04 Å². The summed E-state index contributed by atoms with van der Waals surface area (Å²) in [5.41, 5.74) is 2.57. The van der Waals surface area contributed by atoms with Crippen LogP contribution in [0.3, 0.4) is 0 Å². The topological polar surface area (TPSA) is 87.3 Å². The second kappa shape index (κ2) is 7.17. The lowest BCUT2D eigenvalue weighted by Gasteiger charge is -2.15. The van der Waals surface area contributed by atoms with Gasteiger partial charge in [0.2, 0.25) is 11.8 Å². The van der Waals surface area contributed by atoms with E-state index in [2.05, 4.69) is 16.0 Å². The third-order valence-corrected chi connectivity index (χ3v) is 4.11. The number of anilines is 2. The number of rotatable bonds is 4. The van der Waals surface area contributed by atoms with Crippen LogP contribution in [0.1, 0.15) is 29.3 Å². The van der Waals surface area contributed by atoms with E-state index in [1.54, 1.807) is 24.3 Å². The van der Waals surface area contributed by atoms with Crippen molar-refractivity contribution < 1.29 is 14.4 Å². The van der Waals surface area contributed by atoms with Crippen molar-refractivity contribution in [1.82, 2.24) is 5.32 Å². The maximum atomic E-state index is 12.3. The van der Waals surface area contributed by atoms with E-state index >= 15 is 0 Å². The number of fused-ring (bicyclic) bond motifs is 1. The van der Waals surface area contributed by atoms with Crippen LogP contribution < -0.4 is 16.0 Å². The highest BCUT2D eigenvalue weighted by Gasteiger charge is 2.29. The highest BCUT2D eigenvalue weighted by molar-refractivity contribution is 6.11. The van der Waals surface area contributed by atoms with Crippen molar-refractivity contribution in [1.29, 1.82) is 0 Å². The van der Waals surface area contributed by atoms with Crippen molar-refractivity contribution in [2.24, 2.45) is 0 Å². The Morgan fingerprint density at radius 2 is 1.80 bits per heavy atom. The van der Waals surface area contributed by atoms with Gasteiger partial charge in [0.05, 0.1) is 17.7 Å². The standard InChI is InChI=1S/C19H19N3O3/c1-2-12-7-3-5-9-14(12)20-17(23)11-16-19(25)21-15-10-6-4-8-13(15)18(24)22-16/h3-10,16H,2,11H2,1H3,(H,20,23)(H,21,25)(H,22,24)/t16-/m1/s1. The van der Waals surface area contributed by atoms with E-state index in [4.69, 9.17) is 0 Å². The maximum Gasteiger partial charge on any atom is 0.254 e. The minimum Gasteiger partial charge on any atom is -0.340 e. The summed E-state index contributed by atoms with van der Waals surface area (Å²) in [5.74, 6) is -1.11. The van der Waals surface area contributed by atoms with Gasteiger partial charge in [-0.3, -0.25) is 14.4 Å².